The highest BCUT2D eigenvalue weighted by molar-refractivity contribution is 5.36. The zero-order chi connectivity index (χ0) is 23.3. The minimum absolute atomic E-state index is 0.00700. The van der Waals surface area contributed by atoms with Crippen LogP contribution in [0.5, 0.6) is 0 Å². The highest BCUT2D eigenvalue weighted by Crippen LogP contribution is 2.74. The van der Waals surface area contributed by atoms with Crippen molar-refractivity contribution in [3.8, 4) is 0 Å². The Bertz CT molecular complexity index is 802. The van der Waals surface area contributed by atoms with Crippen LogP contribution in [0.2, 0.25) is 0 Å². The quantitative estimate of drug-likeness (QED) is 0.453. The molecule has 0 aliphatic heterocycles. The second kappa shape index (κ2) is 7.08. The standard InChI is InChI=1S/C29H48O3/c1-18-19-7-10-27(5)23(26(19,4)9-8-21(18)31)15-22(32)24-20-16-25(2,3)11-13-29(20,17-30)14-12-28(24,27)6/h15,18-22,24,30-32H,7-14,16-17H2,1-6H3/t18-,19-,20-,21-,22+,24-,26-,27+,28+,29+/m0/s1. The third-order valence-electron chi connectivity index (χ3n) is 12.6. The summed E-state index contributed by atoms with van der Waals surface area (Å²) in [5.74, 6) is 1.45. The Morgan fingerprint density at radius 3 is 2.25 bits per heavy atom. The Balaban J connectivity index is 1.61. The highest BCUT2D eigenvalue weighted by atomic mass is 16.3. The number of fused-ring (bicyclic) bond motifs is 7. The molecule has 182 valence electrons. The number of hydrogen-bond donors (Lipinski definition) is 3. The molecule has 4 saturated carbocycles. The first-order valence-corrected chi connectivity index (χ1v) is 13.5. The van der Waals surface area contributed by atoms with Gasteiger partial charge < -0.3 is 15.3 Å². The average molecular weight is 445 g/mol. The summed E-state index contributed by atoms with van der Waals surface area (Å²) in [6.45, 7) is 14.8. The third-order valence-corrected chi connectivity index (χ3v) is 12.6. The minimum Gasteiger partial charge on any atom is -0.396 e. The van der Waals surface area contributed by atoms with Gasteiger partial charge in [-0.25, -0.2) is 0 Å². The SMILES string of the molecule is C[C@@H]1[C@@H](O)CC[C@]2(C)C3=C[C@@H](O)[C@@H]4[C@@H]5CC(C)(C)CC[C@]5(CO)CC[C@@]4(C)[C@]3(C)CC[C@@H]12. The monoisotopic (exact) mass is 444 g/mol. The minimum atomic E-state index is -0.425. The molecular weight excluding hydrogens is 396 g/mol. The molecule has 0 spiro atoms. The van der Waals surface area contributed by atoms with Crippen molar-refractivity contribution in [2.75, 3.05) is 6.61 Å². The molecule has 5 aliphatic carbocycles. The zero-order valence-electron chi connectivity index (χ0n) is 21.5. The molecule has 0 aromatic carbocycles. The molecule has 0 unspecified atom stereocenters. The predicted molar refractivity (Wildman–Crippen MR) is 129 cm³/mol. The number of aliphatic hydroxyl groups is 3. The van der Waals surface area contributed by atoms with E-state index >= 15 is 0 Å². The first-order chi connectivity index (χ1) is 14.8. The van der Waals surface area contributed by atoms with Crippen molar-refractivity contribution in [2.24, 2.45) is 50.7 Å². The fourth-order valence-electron chi connectivity index (χ4n) is 10.3. The van der Waals surface area contributed by atoms with Gasteiger partial charge >= 0.3 is 0 Å². The molecule has 5 aliphatic rings. The van der Waals surface area contributed by atoms with Crippen molar-refractivity contribution >= 4 is 0 Å². The molecule has 10 atom stereocenters. The Kier molecular flexibility index (Phi) is 5.17. The van der Waals surface area contributed by atoms with E-state index in [1.54, 1.807) is 0 Å². The van der Waals surface area contributed by atoms with Crippen LogP contribution < -0.4 is 0 Å². The lowest BCUT2D eigenvalue weighted by atomic mass is 9.34. The molecule has 3 N–H and O–H groups in total. The van der Waals surface area contributed by atoms with E-state index < -0.39 is 6.10 Å². The average Bonchev–Trinajstić information content (AvgIpc) is 2.72. The Labute approximate surface area is 196 Å². The van der Waals surface area contributed by atoms with Gasteiger partial charge in [-0.3, -0.25) is 0 Å². The highest BCUT2D eigenvalue weighted by Gasteiger charge is 2.68. The van der Waals surface area contributed by atoms with Gasteiger partial charge in [-0.15, -0.1) is 0 Å². The van der Waals surface area contributed by atoms with Crippen LogP contribution in [0.1, 0.15) is 99.3 Å². The Hall–Kier alpha value is -0.380. The van der Waals surface area contributed by atoms with Crippen molar-refractivity contribution in [2.45, 2.75) is 112 Å². The molecule has 4 fully saturated rings. The molecule has 5 rings (SSSR count). The molecule has 32 heavy (non-hydrogen) atoms. The van der Waals surface area contributed by atoms with Gasteiger partial charge in [-0.05, 0) is 109 Å². The molecule has 0 bridgehead atoms. The third kappa shape index (κ3) is 2.83. The smallest absolute Gasteiger partial charge is 0.0760 e. The lowest BCUT2D eigenvalue weighted by Crippen LogP contribution is -2.65. The van der Waals surface area contributed by atoms with Gasteiger partial charge in [0.1, 0.15) is 0 Å². The Morgan fingerprint density at radius 2 is 1.56 bits per heavy atom. The van der Waals surface area contributed by atoms with Gasteiger partial charge in [0.15, 0.2) is 0 Å². The maximum absolute atomic E-state index is 11.9. The molecular formula is C29H48O3. The van der Waals surface area contributed by atoms with E-state index in [4.69, 9.17) is 0 Å². The van der Waals surface area contributed by atoms with Crippen LogP contribution in [-0.4, -0.2) is 34.1 Å². The largest absolute Gasteiger partial charge is 0.396 e. The van der Waals surface area contributed by atoms with E-state index in [9.17, 15) is 15.3 Å². The number of rotatable bonds is 1. The van der Waals surface area contributed by atoms with Crippen LogP contribution in [0.25, 0.3) is 0 Å². The lowest BCUT2D eigenvalue weighted by Gasteiger charge is -2.70. The zero-order valence-corrected chi connectivity index (χ0v) is 21.5. The fraction of sp³-hybridized carbons (Fsp3) is 0.931. The van der Waals surface area contributed by atoms with Crippen LogP contribution in [0, 0.1) is 50.7 Å². The second-order valence-corrected chi connectivity index (χ2v) is 14.4. The Morgan fingerprint density at radius 1 is 0.875 bits per heavy atom. The van der Waals surface area contributed by atoms with Crippen molar-refractivity contribution < 1.29 is 15.3 Å². The van der Waals surface area contributed by atoms with Gasteiger partial charge in [0.25, 0.3) is 0 Å². The molecule has 0 aromatic rings. The van der Waals surface area contributed by atoms with Crippen LogP contribution in [0.3, 0.4) is 0 Å². The van der Waals surface area contributed by atoms with Crippen LogP contribution in [0.4, 0.5) is 0 Å². The molecule has 0 heterocycles. The maximum Gasteiger partial charge on any atom is 0.0760 e. The van der Waals surface area contributed by atoms with E-state index in [0.717, 1.165) is 44.9 Å². The van der Waals surface area contributed by atoms with Crippen LogP contribution in [0.15, 0.2) is 11.6 Å². The maximum atomic E-state index is 11.9. The molecule has 3 heteroatoms. The van der Waals surface area contributed by atoms with Gasteiger partial charge in [-0.1, -0.05) is 53.2 Å². The molecule has 0 amide bonds. The first kappa shape index (κ1) is 23.4. The van der Waals surface area contributed by atoms with Gasteiger partial charge in [0, 0.05) is 6.61 Å². The molecule has 3 nitrogen and oxygen atoms in total. The normalized spacial score (nSPS) is 56.8. The fourth-order valence-corrected chi connectivity index (χ4v) is 10.3. The summed E-state index contributed by atoms with van der Waals surface area (Å²) in [5, 5.41) is 33.1. The van der Waals surface area contributed by atoms with E-state index in [-0.39, 0.29) is 45.7 Å². The molecule has 0 radical (unpaired) electrons. The lowest BCUT2D eigenvalue weighted by molar-refractivity contribution is -0.198. The number of allylic oxidation sites excluding steroid dienone is 1. The van der Waals surface area contributed by atoms with Crippen molar-refractivity contribution in [1.82, 2.24) is 0 Å². The summed E-state index contributed by atoms with van der Waals surface area (Å²) < 4.78 is 0. The topological polar surface area (TPSA) is 60.7 Å². The predicted octanol–water partition coefficient (Wildman–Crippen LogP) is 5.72. The van der Waals surface area contributed by atoms with Gasteiger partial charge in [0.05, 0.1) is 12.2 Å². The van der Waals surface area contributed by atoms with Crippen molar-refractivity contribution in [1.29, 1.82) is 0 Å². The first-order valence-electron chi connectivity index (χ1n) is 13.5. The summed E-state index contributed by atoms with van der Waals surface area (Å²) in [6, 6.07) is 0. The number of hydrogen-bond acceptors (Lipinski definition) is 3. The van der Waals surface area contributed by atoms with Crippen LogP contribution >= 0.6 is 0 Å². The molecule has 0 aromatic heterocycles. The summed E-state index contributed by atoms with van der Waals surface area (Å²) >= 11 is 0. The molecule has 0 saturated heterocycles. The summed E-state index contributed by atoms with van der Waals surface area (Å²) in [7, 11) is 0. The van der Waals surface area contributed by atoms with E-state index in [2.05, 4.69) is 47.6 Å². The van der Waals surface area contributed by atoms with Crippen LogP contribution in [-0.2, 0) is 0 Å². The summed E-state index contributed by atoms with van der Waals surface area (Å²) in [4.78, 5) is 0. The summed E-state index contributed by atoms with van der Waals surface area (Å²) in [5.41, 5.74) is 2.02. The van der Waals surface area contributed by atoms with E-state index in [1.165, 1.54) is 18.4 Å². The number of aliphatic hydroxyl groups excluding tert-OH is 3. The second-order valence-electron chi connectivity index (χ2n) is 14.4. The van der Waals surface area contributed by atoms with E-state index in [1.807, 2.05) is 0 Å². The van der Waals surface area contributed by atoms with Crippen molar-refractivity contribution in [3.05, 3.63) is 11.6 Å². The van der Waals surface area contributed by atoms with Crippen molar-refractivity contribution in [3.63, 3.8) is 0 Å². The van der Waals surface area contributed by atoms with Gasteiger partial charge in [0.2, 0.25) is 0 Å². The summed E-state index contributed by atoms with van der Waals surface area (Å²) in [6.07, 6.45) is 11.6. The van der Waals surface area contributed by atoms with E-state index in [0.29, 0.717) is 17.8 Å². The van der Waals surface area contributed by atoms with Gasteiger partial charge in [-0.2, -0.15) is 0 Å².